The van der Waals surface area contributed by atoms with Gasteiger partial charge in [-0.15, -0.1) is 0 Å². The van der Waals surface area contributed by atoms with Crippen LogP contribution in [-0.2, 0) is 14.3 Å². The van der Waals surface area contributed by atoms with Gasteiger partial charge >= 0.3 is 5.97 Å². The number of carboxylic acid groups (broad SMARTS) is 1. The average Bonchev–Trinajstić information content (AvgIpc) is 2.64. The molecule has 0 aromatic heterocycles. The van der Waals surface area contributed by atoms with Crippen LogP contribution in [0.25, 0.3) is 0 Å². The van der Waals surface area contributed by atoms with Gasteiger partial charge in [-0.25, -0.2) is 4.79 Å². The highest BCUT2D eigenvalue weighted by Gasteiger charge is 2.29. The molecule has 1 rings (SSSR count). The number of rotatable bonds is 10. The summed E-state index contributed by atoms with van der Waals surface area (Å²) < 4.78 is 15.1. The van der Waals surface area contributed by atoms with E-state index in [0.717, 1.165) is 0 Å². The lowest BCUT2D eigenvalue weighted by atomic mass is 10.0. The summed E-state index contributed by atoms with van der Waals surface area (Å²) in [7, 11) is 4.26. The number of carbonyl (C=O) groups excluding carboxylic acids is 2. The van der Waals surface area contributed by atoms with E-state index in [9.17, 15) is 14.4 Å². The predicted molar refractivity (Wildman–Crippen MR) is 97.1 cm³/mol. The molecule has 0 bridgehead atoms. The number of hydrogen-bond donors (Lipinski definition) is 3. The van der Waals surface area contributed by atoms with Crippen LogP contribution in [0.2, 0.25) is 0 Å². The first-order valence-electron chi connectivity index (χ1n) is 8.29. The van der Waals surface area contributed by atoms with E-state index >= 15 is 0 Å². The number of hydrogen-bond acceptors (Lipinski definition) is 6. The first-order valence-corrected chi connectivity index (χ1v) is 8.29. The largest absolute Gasteiger partial charge is 0.497 e. The van der Waals surface area contributed by atoms with Gasteiger partial charge in [0.05, 0.1) is 20.8 Å². The average molecular weight is 382 g/mol. The van der Waals surface area contributed by atoms with E-state index in [4.69, 9.17) is 19.3 Å². The summed E-state index contributed by atoms with van der Waals surface area (Å²) in [5, 5.41) is 14.1. The second kappa shape index (κ2) is 10.4. The zero-order chi connectivity index (χ0) is 20.6. The van der Waals surface area contributed by atoms with Crippen LogP contribution in [0.3, 0.4) is 0 Å². The summed E-state index contributed by atoms with van der Waals surface area (Å²) in [6.45, 7) is 3.29. The number of methoxy groups -OCH3 is 3. The van der Waals surface area contributed by atoms with Crippen LogP contribution in [0.4, 0.5) is 0 Å². The van der Waals surface area contributed by atoms with Gasteiger partial charge in [0.15, 0.2) is 6.04 Å². The molecule has 0 radical (unpaired) electrons. The SMILES string of the molecule is COCC(NC(=O)C(NC(=O)c1cc(OC)cc(OC)c1)C(C)C)C(=O)O. The van der Waals surface area contributed by atoms with Crippen LogP contribution in [-0.4, -0.2) is 62.9 Å². The molecule has 0 fully saturated rings. The van der Waals surface area contributed by atoms with Crippen molar-refractivity contribution in [3.8, 4) is 11.5 Å². The first-order chi connectivity index (χ1) is 12.7. The molecule has 0 aliphatic heterocycles. The monoisotopic (exact) mass is 382 g/mol. The second-order valence-corrected chi connectivity index (χ2v) is 6.15. The van der Waals surface area contributed by atoms with Crippen molar-refractivity contribution in [2.45, 2.75) is 25.9 Å². The highest BCUT2D eigenvalue weighted by molar-refractivity contribution is 5.98. The van der Waals surface area contributed by atoms with E-state index < -0.39 is 29.9 Å². The van der Waals surface area contributed by atoms with E-state index in [-0.39, 0.29) is 18.1 Å². The zero-order valence-corrected chi connectivity index (χ0v) is 16.1. The third kappa shape index (κ3) is 6.45. The van der Waals surface area contributed by atoms with Crippen LogP contribution in [0.15, 0.2) is 18.2 Å². The molecule has 3 N–H and O–H groups in total. The van der Waals surface area contributed by atoms with Crippen molar-refractivity contribution >= 4 is 17.8 Å². The van der Waals surface area contributed by atoms with Gasteiger partial charge in [-0.2, -0.15) is 0 Å². The minimum absolute atomic E-state index is 0.188. The zero-order valence-electron chi connectivity index (χ0n) is 16.1. The van der Waals surface area contributed by atoms with Crippen molar-refractivity contribution in [1.82, 2.24) is 10.6 Å². The van der Waals surface area contributed by atoms with Gasteiger partial charge in [-0.1, -0.05) is 13.8 Å². The molecule has 1 aromatic carbocycles. The van der Waals surface area contributed by atoms with Crippen molar-refractivity contribution in [2.24, 2.45) is 5.92 Å². The van der Waals surface area contributed by atoms with Crippen LogP contribution in [0, 0.1) is 5.92 Å². The second-order valence-electron chi connectivity index (χ2n) is 6.15. The quantitative estimate of drug-likeness (QED) is 0.543. The van der Waals surface area contributed by atoms with Gasteiger partial charge in [-0.05, 0) is 18.1 Å². The summed E-state index contributed by atoms with van der Waals surface area (Å²) in [4.78, 5) is 36.3. The molecule has 0 spiro atoms. The fourth-order valence-electron chi connectivity index (χ4n) is 2.30. The van der Waals surface area contributed by atoms with Gasteiger partial charge in [0, 0.05) is 18.7 Å². The summed E-state index contributed by atoms with van der Waals surface area (Å²) in [6, 6.07) is 2.49. The molecule has 0 heterocycles. The molecule has 2 atom stereocenters. The van der Waals surface area contributed by atoms with Gasteiger partial charge in [0.2, 0.25) is 5.91 Å². The van der Waals surface area contributed by atoms with E-state index in [0.29, 0.717) is 11.5 Å². The number of ether oxygens (including phenoxy) is 3. The Morgan fingerprint density at radius 2 is 1.56 bits per heavy atom. The van der Waals surface area contributed by atoms with Gasteiger partial charge in [0.25, 0.3) is 5.91 Å². The summed E-state index contributed by atoms with van der Waals surface area (Å²) in [5.41, 5.74) is 0.247. The Balaban J connectivity index is 2.97. The Morgan fingerprint density at radius 3 is 1.96 bits per heavy atom. The molecule has 2 unspecified atom stereocenters. The lowest BCUT2D eigenvalue weighted by molar-refractivity contribution is -0.143. The van der Waals surface area contributed by atoms with Gasteiger partial charge < -0.3 is 30.0 Å². The van der Waals surface area contributed by atoms with E-state index in [1.165, 1.54) is 33.5 Å². The molecule has 9 nitrogen and oxygen atoms in total. The topological polar surface area (TPSA) is 123 Å². The van der Waals surface area contributed by atoms with Crippen molar-refractivity contribution in [1.29, 1.82) is 0 Å². The van der Waals surface area contributed by atoms with Crippen LogP contribution < -0.4 is 20.1 Å². The fourth-order valence-corrected chi connectivity index (χ4v) is 2.30. The lowest BCUT2D eigenvalue weighted by Crippen LogP contribution is -2.54. The van der Waals surface area contributed by atoms with E-state index in [1.54, 1.807) is 19.9 Å². The molecule has 150 valence electrons. The molecular weight excluding hydrogens is 356 g/mol. The third-order valence-electron chi connectivity index (χ3n) is 3.80. The van der Waals surface area contributed by atoms with Crippen molar-refractivity contribution in [2.75, 3.05) is 27.9 Å². The Labute approximate surface area is 158 Å². The highest BCUT2D eigenvalue weighted by atomic mass is 16.5. The molecule has 27 heavy (non-hydrogen) atoms. The molecule has 0 saturated carbocycles. The minimum atomic E-state index is -1.23. The third-order valence-corrected chi connectivity index (χ3v) is 3.80. The fraction of sp³-hybridized carbons (Fsp3) is 0.500. The standard InChI is InChI=1S/C18H26N2O7/c1-10(2)15(17(22)19-14(9-25-3)18(23)24)20-16(21)11-6-12(26-4)8-13(7-11)27-5/h6-8,10,14-15H,9H2,1-5H3,(H,19,22)(H,20,21)(H,23,24). The van der Waals surface area contributed by atoms with Crippen LogP contribution >= 0.6 is 0 Å². The maximum Gasteiger partial charge on any atom is 0.328 e. The summed E-state index contributed by atoms with van der Waals surface area (Å²) >= 11 is 0. The Morgan fingerprint density at radius 1 is 1.00 bits per heavy atom. The summed E-state index contributed by atoms with van der Waals surface area (Å²) in [5.74, 6) is -1.78. The maximum absolute atomic E-state index is 12.6. The summed E-state index contributed by atoms with van der Waals surface area (Å²) in [6.07, 6.45) is 0. The number of carboxylic acids is 1. The smallest absolute Gasteiger partial charge is 0.328 e. The molecule has 0 aliphatic rings. The number of benzene rings is 1. The Hall–Kier alpha value is -2.81. The highest BCUT2D eigenvalue weighted by Crippen LogP contribution is 2.22. The molecule has 0 saturated heterocycles. The first kappa shape index (κ1) is 22.2. The Kier molecular flexibility index (Phi) is 8.53. The lowest BCUT2D eigenvalue weighted by Gasteiger charge is -2.24. The minimum Gasteiger partial charge on any atom is -0.497 e. The predicted octanol–water partition coefficient (Wildman–Crippen LogP) is 0.674. The van der Waals surface area contributed by atoms with E-state index in [1.807, 2.05) is 0 Å². The van der Waals surface area contributed by atoms with Crippen molar-refractivity contribution < 1.29 is 33.7 Å². The molecule has 1 aromatic rings. The molecule has 2 amide bonds. The molecular formula is C18H26N2O7. The number of amides is 2. The van der Waals surface area contributed by atoms with Crippen LogP contribution in [0.1, 0.15) is 24.2 Å². The normalized spacial score (nSPS) is 12.8. The van der Waals surface area contributed by atoms with Crippen molar-refractivity contribution in [3.05, 3.63) is 23.8 Å². The van der Waals surface area contributed by atoms with Gasteiger partial charge in [-0.3, -0.25) is 9.59 Å². The number of aliphatic carboxylic acids is 1. The molecule has 0 aliphatic carbocycles. The van der Waals surface area contributed by atoms with Gasteiger partial charge in [0.1, 0.15) is 17.5 Å². The molecule has 9 heteroatoms. The number of carbonyl (C=O) groups is 3. The van der Waals surface area contributed by atoms with E-state index in [2.05, 4.69) is 10.6 Å². The number of nitrogens with one attached hydrogen (secondary N) is 2. The maximum atomic E-state index is 12.6. The Bertz CT molecular complexity index is 653. The van der Waals surface area contributed by atoms with Crippen LogP contribution in [0.5, 0.6) is 11.5 Å². The van der Waals surface area contributed by atoms with Crippen molar-refractivity contribution in [3.63, 3.8) is 0 Å².